The number of nitrogens with one attached hydrogen (secondary N) is 1. The molecule has 0 aromatic rings. The summed E-state index contributed by atoms with van der Waals surface area (Å²) in [4.78, 5) is 26.9. The lowest BCUT2D eigenvalue weighted by molar-refractivity contribution is -0.136. The van der Waals surface area contributed by atoms with Crippen LogP contribution in [0, 0.1) is 11.3 Å². The number of amides is 2. The second-order valence-electron chi connectivity index (χ2n) is 9.07. The zero-order valence-electron chi connectivity index (χ0n) is 15.4. The van der Waals surface area contributed by atoms with Crippen molar-refractivity contribution in [1.29, 1.82) is 0 Å². The number of likely N-dealkylation sites (tertiary alicyclic amines) is 1. The Morgan fingerprint density at radius 1 is 1.12 bits per heavy atom. The third-order valence-corrected chi connectivity index (χ3v) is 5.91. The van der Waals surface area contributed by atoms with E-state index in [2.05, 4.69) is 10.2 Å². The predicted octanol–water partition coefficient (Wildman–Crippen LogP) is 3.47. The van der Waals surface area contributed by atoms with Crippen LogP contribution in [0.4, 0.5) is 4.79 Å². The van der Waals surface area contributed by atoms with Crippen LogP contribution in [0.3, 0.4) is 0 Å². The number of hydrogen-bond donors (Lipinski definition) is 1. The van der Waals surface area contributed by atoms with Gasteiger partial charge < -0.3 is 15.0 Å². The van der Waals surface area contributed by atoms with E-state index in [1.54, 1.807) is 0 Å². The Labute approximate surface area is 145 Å². The SMILES string of the molecule is CC(C)(C)OC(=O)N[C@H]1CCC[C@@H](C(=O)N2CCC3(CCC3)C2)C1. The summed E-state index contributed by atoms with van der Waals surface area (Å²) in [5.74, 6) is 0.378. The van der Waals surface area contributed by atoms with Crippen LogP contribution in [0.5, 0.6) is 0 Å². The van der Waals surface area contributed by atoms with E-state index in [4.69, 9.17) is 4.74 Å². The fourth-order valence-electron chi connectivity index (χ4n) is 4.49. The summed E-state index contributed by atoms with van der Waals surface area (Å²) in [6.45, 7) is 7.49. The van der Waals surface area contributed by atoms with Crippen molar-refractivity contribution >= 4 is 12.0 Å². The molecule has 2 amide bonds. The summed E-state index contributed by atoms with van der Waals surface area (Å²) in [7, 11) is 0. The molecule has 2 aliphatic carbocycles. The Kier molecular flexibility index (Phi) is 4.80. The first-order valence-corrected chi connectivity index (χ1v) is 9.55. The molecule has 0 radical (unpaired) electrons. The maximum Gasteiger partial charge on any atom is 0.407 e. The molecule has 1 aliphatic heterocycles. The largest absolute Gasteiger partial charge is 0.444 e. The number of hydrogen-bond acceptors (Lipinski definition) is 3. The molecular formula is C19H32N2O3. The van der Waals surface area contributed by atoms with Crippen LogP contribution in [0.1, 0.15) is 72.1 Å². The van der Waals surface area contributed by atoms with Gasteiger partial charge in [0.25, 0.3) is 0 Å². The predicted molar refractivity (Wildman–Crippen MR) is 92.6 cm³/mol. The van der Waals surface area contributed by atoms with Gasteiger partial charge in [-0.25, -0.2) is 4.79 Å². The van der Waals surface area contributed by atoms with E-state index in [0.717, 1.165) is 38.8 Å². The van der Waals surface area contributed by atoms with Gasteiger partial charge in [-0.1, -0.05) is 12.8 Å². The average Bonchev–Trinajstić information content (AvgIpc) is 2.90. The number of carbonyl (C=O) groups excluding carboxylic acids is 2. The second kappa shape index (κ2) is 6.57. The molecule has 5 nitrogen and oxygen atoms in total. The van der Waals surface area contributed by atoms with Crippen LogP contribution in [-0.4, -0.2) is 41.6 Å². The molecule has 1 saturated heterocycles. The third kappa shape index (κ3) is 4.04. The molecule has 3 rings (SSSR count). The van der Waals surface area contributed by atoms with E-state index in [0.29, 0.717) is 11.3 Å². The van der Waals surface area contributed by atoms with Crippen LogP contribution in [0.2, 0.25) is 0 Å². The molecule has 5 heteroatoms. The number of carbonyl (C=O) groups is 2. The van der Waals surface area contributed by atoms with Crippen molar-refractivity contribution in [2.24, 2.45) is 11.3 Å². The third-order valence-electron chi connectivity index (χ3n) is 5.91. The summed E-state index contributed by atoms with van der Waals surface area (Å²) >= 11 is 0. The molecule has 0 bridgehead atoms. The van der Waals surface area contributed by atoms with Crippen LogP contribution in [0.15, 0.2) is 0 Å². The monoisotopic (exact) mass is 336 g/mol. The zero-order chi connectivity index (χ0) is 17.4. The van der Waals surface area contributed by atoms with Crippen LogP contribution in [0.25, 0.3) is 0 Å². The lowest BCUT2D eigenvalue weighted by Crippen LogP contribution is -2.45. The molecule has 136 valence electrons. The van der Waals surface area contributed by atoms with Crippen molar-refractivity contribution in [3.8, 4) is 0 Å². The Morgan fingerprint density at radius 2 is 1.88 bits per heavy atom. The molecule has 1 N–H and O–H groups in total. The van der Waals surface area contributed by atoms with Crippen LogP contribution in [-0.2, 0) is 9.53 Å². The van der Waals surface area contributed by atoms with Crippen molar-refractivity contribution < 1.29 is 14.3 Å². The van der Waals surface area contributed by atoms with Gasteiger partial charge in [-0.15, -0.1) is 0 Å². The highest BCUT2D eigenvalue weighted by Crippen LogP contribution is 2.48. The smallest absolute Gasteiger partial charge is 0.407 e. The molecule has 0 aromatic carbocycles. The fraction of sp³-hybridized carbons (Fsp3) is 0.895. The lowest BCUT2D eigenvalue weighted by atomic mass is 9.68. The standard InChI is InChI=1S/C19H32N2O3/c1-18(2,3)24-17(23)20-15-7-4-6-14(12-15)16(22)21-11-10-19(13-21)8-5-9-19/h14-15H,4-13H2,1-3H3,(H,20,23)/t14-,15+/m1/s1. The van der Waals surface area contributed by atoms with Gasteiger partial charge in [0, 0.05) is 25.0 Å². The Bertz CT molecular complexity index is 493. The molecular weight excluding hydrogens is 304 g/mol. The minimum Gasteiger partial charge on any atom is -0.444 e. The highest BCUT2D eigenvalue weighted by molar-refractivity contribution is 5.79. The van der Waals surface area contributed by atoms with Gasteiger partial charge in [0.15, 0.2) is 0 Å². The number of alkyl carbamates (subject to hydrolysis) is 1. The lowest BCUT2D eigenvalue weighted by Gasteiger charge is -2.38. The Balaban J connectivity index is 1.50. The molecule has 1 spiro atoms. The van der Waals surface area contributed by atoms with Gasteiger partial charge in [0.1, 0.15) is 5.60 Å². The van der Waals surface area contributed by atoms with E-state index in [9.17, 15) is 9.59 Å². The molecule has 0 aromatic heterocycles. The van der Waals surface area contributed by atoms with E-state index in [1.807, 2.05) is 20.8 Å². The van der Waals surface area contributed by atoms with Crippen molar-refractivity contribution in [3.05, 3.63) is 0 Å². The first-order chi connectivity index (χ1) is 11.3. The Hall–Kier alpha value is -1.26. The summed E-state index contributed by atoms with van der Waals surface area (Å²) in [5, 5.41) is 2.96. The van der Waals surface area contributed by atoms with E-state index in [-0.39, 0.29) is 18.1 Å². The Morgan fingerprint density at radius 3 is 2.46 bits per heavy atom. The van der Waals surface area contributed by atoms with Crippen molar-refractivity contribution in [1.82, 2.24) is 10.2 Å². The summed E-state index contributed by atoms with van der Waals surface area (Å²) in [6, 6.07) is 0.0582. The molecule has 0 unspecified atom stereocenters. The molecule has 3 fully saturated rings. The summed E-state index contributed by atoms with van der Waals surface area (Å²) in [6.07, 6.45) is 8.38. The minimum absolute atomic E-state index is 0.0582. The molecule has 2 atom stereocenters. The molecule has 1 heterocycles. The summed E-state index contributed by atoms with van der Waals surface area (Å²) < 4.78 is 5.34. The van der Waals surface area contributed by atoms with Gasteiger partial charge in [-0.05, 0) is 64.7 Å². The summed E-state index contributed by atoms with van der Waals surface area (Å²) in [5.41, 5.74) is -0.0287. The van der Waals surface area contributed by atoms with Crippen molar-refractivity contribution in [2.75, 3.05) is 13.1 Å². The minimum atomic E-state index is -0.486. The molecule has 24 heavy (non-hydrogen) atoms. The number of ether oxygens (including phenoxy) is 1. The van der Waals surface area contributed by atoms with Gasteiger partial charge in [-0.2, -0.15) is 0 Å². The first-order valence-electron chi connectivity index (χ1n) is 9.55. The van der Waals surface area contributed by atoms with E-state index < -0.39 is 5.60 Å². The van der Waals surface area contributed by atoms with Gasteiger partial charge in [0.05, 0.1) is 0 Å². The van der Waals surface area contributed by atoms with Crippen LogP contribution < -0.4 is 5.32 Å². The second-order valence-corrected chi connectivity index (χ2v) is 9.07. The van der Waals surface area contributed by atoms with Crippen LogP contribution >= 0.6 is 0 Å². The quantitative estimate of drug-likeness (QED) is 0.840. The van der Waals surface area contributed by atoms with E-state index >= 15 is 0 Å². The first kappa shape index (κ1) is 17.6. The van der Waals surface area contributed by atoms with Crippen molar-refractivity contribution in [2.45, 2.75) is 83.8 Å². The maximum atomic E-state index is 12.9. The normalized spacial score (nSPS) is 29.2. The zero-order valence-corrected chi connectivity index (χ0v) is 15.4. The highest BCUT2D eigenvalue weighted by atomic mass is 16.6. The topological polar surface area (TPSA) is 58.6 Å². The highest BCUT2D eigenvalue weighted by Gasteiger charge is 2.45. The fourth-order valence-corrected chi connectivity index (χ4v) is 4.49. The van der Waals surface area contributed by atoms with Crippen molar-refractivity contribution in [3.63, 3.8) is 0 Å². The number of nitrogens with zero attached hydrogens (tertiary/aromatic N) is 1. The van der Waals surface area contributed by atoms with Gasteiger partial charge in [-0.3, -0.25) is 4.79 Å². The number of rotatable bonds is 2. The average molecular weight is 336 g/mol. The maximum absolute atomic E-state index is 12.9. The molecule has 3 aliphatic rings. The van der Waals surface area contributed by atoms with E-state index in [1.165, 1.54) is 25.7 Å². The van der Waals surface area contributed by atoms with Gasteiger partial charge >= 0.3 is 6.09 Å². The molecule has 2 saturated carbocycles. The van der Waals surface area contributed by atoms with Gasteiger partial charge in [0.2, 0.25) is 5.91 Å².